The monoisotopic (exact) mass is 523 g/mol. The molecule has 37 heavy (non-hydrogen) atoms. The van der Waals surface area contributed by atoms with Gasteiger partial charge < -0.3 is 19.8 Å². The first-order chi connectivity index (χ1) is 17.6. The van der Waals surface area contributed by atoms with Crippen molar-refractivity contribution in [3.8, 4) is 0 Å². The molecule has 198 valence electrons. The number of hydrogen-bond acceptors (Lipinski definition) is 5. The normalized spacial score (nSPS) is 32.0. The van der Waals surface area contributed by atoms with Gasteiger partial charge in [0, 0.05) is 31.1 Å². The third-order valence-electron chi connectivity index (χ3n) is 8.30. The van der Waals surface area contributed by atoms with Crippen LogP contribution in [0.5, 0.6) is 0 Å². The second-order valence-corrected chi connectivity index (χ2v) is 12.8. The third kappa shape index (κ3) is 4.04. The molecule has 0 aromatic heterocycles. The van der Waals surface area contributed by atoms with E-state index in [9.17, 15) is 19.5 Å². The van der Waals surface area contributed by atoms with Gasteiger partial charge in [-0.15, -0.1) is 11.8 Å². The molecule has 1 aromatic carbocycles. The molecule has 2 fully saturated rings. The Labute approximate surface area is 223 Å². The summed E-state index contributed by atoms with van der Waals surface area (Å²) in [6, 6.07) is 4.76. The lowest BCUT2D eigenvalue weighted by molar-refractivity contribution is -0.144. The van der Waals surface area contributed by atoms with Gasteiger partial charge in [-0.25, -0.2) is 0 Å². The highest BCUT2D eigenvalue weighted by Crippen LogP contribution is 2.61. The van der Waals surface area contributed by atoms with E-state index in [1.807, 2.05) is 56.4 Å². The fourth-order valence-electron chi connectivity index (χ4n) is 6.64. The van der Waals surface area contributed by atoms with Gasteiger partial charge >= 0.3 is 0 Å². The van der Waals surface area contributed by atoms with Crippen LogP contribution in [0.4, 0.5) is 5.69 Å². The van der Waals surface area contributed by atoms with Gasteiger partial charge in [0.2, 0.25) is 11.8 Å². The van der Waals surface area contributed by atoms with Crippen LogP contribution in [0.1, 0.15) is 31.4 Å². The Kier molecular flexibility index (Phi) is 6.77. The van der Waals surface area contributed by atoms with Crippen LogP contribution >= 0.6 is 11.8 Å². The Morgan fingerprint density at radius 2 is 1.84 bits per heavy atom. The van der Waals surface area contributed by atoms with E-state index in [2.05, 4.69) is 13.8 Å². The smallest absolute Gasteiger partial charge is 0.251 e. The van der Waals surface area contributed by atoms with Gasteiger partial charge in [0.15, 0.2) is 0 Å². The van der Waals surface area contributed by atoms with E-state index in [4.69, 9.17) is 0 Å². The topological polar surface area (TPSA) is 81.2 Å². The van der Waals surface area contributed by atoms with Gasteiger partial charge in [0.25, 0.3) is 5.91 Å². The van der Waals surface area contributed by atoms with E-state index in [1.165, 1.54) is 0 Å². The molecule has 0 radical (unpaired) electrons. The number of aliphatic hydroxyl groups is 1. The molecule has 1 aromatic rings. The number of carbonyl (C=O) groups is 3. The van der Waals surface area contributed by atoms with Crippen molar-refractivity contribution < 1.29 is 19.5 Å². The molecule has 1 spiro atoms. The zero-order chi connectivity index (χ0) is 26.6. The molecule has 5 rings (SSSR count). The lowest BCUT2D eigenvalue weighted by Gasteiger charge is -2.39. The average Bonchev–Trinajstić information content (AvgIpc) is 3.18. The van der Waals surface area contributed by atoms with Crippen molar-refractivity contribution in [2.24, 2.45) is 17.8 Å². The van der Waals surface area contributed by atoms with Crippen molar-refractivity contribution in [3.63, 3.8) is 0 Å². The number of thioether (sulfide) groups is 1. The summed E-state index contributed by atoms with van der Waals surface area (Å²) in [5, 5.41) is 10.3. The molecular weight excluding hydrogens is 486 g/mol. The lowest BCUT2D eigenvalue weighted by atomic mass is 9.78. The number of anilines is 1. The molecule has 4 heterocycles. The SMILES string of the molecule is Cc1ccc(C)c(N2CC=C[C@]34S[C@H]5C=CCN(C)C(=O)[C@H]5[C@H]3C(=O)N([C@@H](CO)CC(C)C)C4C2=O)c1. The highest BCUT2D eigenvalue weighted by molar-refractivity contribution is 8.02. The van der Waals surface area contributed by atoms with Crippen molar-refractivity contribution in [3.05, 3.63) is 53.6 Å². The van der Waals surface area contributed by atoms with Gasteiger partial charge in [-0.05, 0) is 43.4 Å². The molecule has 0 saturated carbocycles. The number of rotatable bonds is 5. The second kappa shape index (κ2) is 9.62. The molecule has 8 heteroatoms. The Morgan fingerprint density at radius 3 is 2.54 bits per heavy atom. The molecule has 3 amide bonds. The fraction of sp³-hybridized carbons (Fsp3) is 0.552. The third-order valence-corrected chi connectivity index (χ3v) is 10.0. The number of carbonyl (C=O) groups excluding carboxylic acids is 3. The summed E-state index contributed by atoms with van der Waals surface area (Å²) in [5.74, 6) is -1.38. The lowest BCUT2D eigenvalue weighted by Crippen LogP contribution is -2.57. The van der Waals surface area contributed by atoms with Crippen LogP contribution in [-0.4, -0.2) is 81.5 Å². The van der Waals surface area contributed by atoms with E-state index in [-0.39, 0.29) is 35.5 Å². The fourth-order valence-corrected chi connectivity index (χ4v) is 8.64. The number of benzene rings is 1. The van der Waals surface area contributed by atoms with E-state index in [1.54, 1.807) is 33.5 Å². The summed E-state index contributed by atoms with van der Waals surface area (Å²) in [4.78, 5) is 47.7. The first-order valence-corrected chi connectivity index (χ1v) is 14.1. The van der Waals surface area contributed by atoms with Gasteiger partial charge in [-0.2, -0.15) is 0 Å². The largest absolute Gasteiger partial charge is 0.394 e. The number of hydrogen-bond donors (Lipinski definition) is 1. The summed E-state index contributed by atoms with van der Waals surface area (Å²) < 4.78 is -0.876. The first kappa shape index (κ1) is 26.0. The van der Waals surface area contributed by atoms with E-state index in [0.29, 0.717) is 19.5 Å². The summed E-state index contributed by atoms with van der Waals surface area (Å²) in [5.41, 5.74) is 2.87. The summed E-state index contributed by atoms with van der Waals surface area (Å²) in [6.07, 6.45) is 8.64. The predicted molar refractivity (Wildman–Crippen MR) is 146 cm³/mol. The van der Waals surface area contributed by atoms with Crippen LogP contribution in [0, 0.1) is 31.6 Å². The number of fused-ring (bicyclic) bond motifs is 2. The molecule has 2 saturated heterocycles. The quantitative estimate of drug-likeness (QED) is 0.601. The van der Waals surface area contributed by atoms with Crippen molar-refractivity contribution in [1.29, 1.82) is 0 Å². The number of aryl methyl sites for hydroxylation is 2. The Hall–Kier alpha value is -2.58. The van der Waals surface area contributed by atoms with Crippen molar-refractivity contribution in [1.82, 2.24) is 9.80 Å². The first-order valence-electron chi connectivity index (χ1n) is 13.2. The molecular formula is C29H37N3O4S. The zero-order valence-corrected chi connectivity index (χ0v) is 23.1. The van der Waals surface area contributed by atoms with E-state index >= 15 is 0 Å². The maximum absolute atomic E-state index is 14.6. The number of nitrogens with zero attached hydrogens (tertiary/aromatic N) is 3. The second-order valence-electron chi connectivity index (χ2n) is 11.3. The van der Waals surface area contributed by atoms with Crippen LogP contribution in [-0.2, 0) is 14.4 Å². The van der Waals surface area contributed by atoms with Crippen molar-refractivity contribution >= 4 is 35.2 Å². The molecule has 4 aliphatic heterocycles. The van der Waals surface area contributed by atoms with Gasteiger partial charge in [-0.1, -0.05) is 50.3 Å². The molecule has 1 unspecified atom stereocenters. The highest BCUT2D eigenvalue weighted by atomic mass is 32.2. The molecule has 0 bridgehead atoms. The van der Waals surface area contributed by atoms with Crippen LogP contribution in [0.3, 0.4) is 0 Å². The van der Waals surface area contributed by atoms with E-state index < -0.39 is 28.7 Å². The molecule has 6 atom stereocenters. The Morgan fingerprint density at radius 1 is 1.08 bits per heavy atom. The van der Waals surface area contributed by atoms with E-state index in [0.717, 1.165) is 16.8 Å². The summed E-state index contributed by atoms with van der Waals surface area (Å²) >= 11 is 1.58. The highest BCUT2D eigenvalue weighted by Gasteiger charge is 2.71. The molecule has 4 aliphatic rings. The molecule has 1 N–H and O–H groups in total. The van der Waals surface area contributed by atoms with Crippen molar-refractivity contribution in [2.75, 3.05) is 31.6 Å². The van der Waals surface area contributed by atoms with Crippen LogP contribution in [0.25, 0.3) is 0 Å². The average molecular weight is 524 g/mol. The molecule has 7 nitrogen and oxygen atoms in total. The summed E-state index contributed by atoms with van der Waals surface area (Å²) in [7, 11) is 1.77. The minimum atomic E-state index is -0.876. The van der Waals surface area contributed by atoms with Gasteiger partial charge in [0.1, 0.15) is 6.04 Å². The number of aliphatic hydroxyl groups excluding tert-OH is 1. The number of likely N-dealkylation sites (tertiary alicyclic amines) is 1. The zero-order valence-electron chi connectivity index (χ0n) is 22.3. The maximum Gasteiger partial charge on any atom is 0.251 e. The minimum Gasteiger partial charge on any atom is -0.394 e. The molecule has 0 aliphatic carbocycles. The number of amides is 3. The Bertz CT molecular complexity index is 1180. The predicted octanol–water partition coefficient (Wildman–Crippen LogP) is 2.94. The number of likely N-dealkylation sites (N-methyl/N-ethyl adjacent to an activating group) is 1. The Balaban J connectivity index is 1.67. The maximum atomic E-state index is 14.6. The van der Waals surface area contributed by atoms with Crippen LogP contribution < -0.4 is 4.90 Å². The van der Waals surface area contributed by atoms with Crippen LogP contribution in [0.15, 0.2) is 42.5 Å². The van der Waals surface area contributed by atoms with Gasteiger partial charge in [0.05, 0.1) is 29.2 Å². The van der Waals surface area contributed by atoms with Gasteiger partial charge in [-0.3, -0.25) is 14.4 Å². The standard InChI is InChI=1S/C29H37N3O4S/c1-17(2)14-20(16-33)32-25-28(36)31(21-15-18(3)9-10-19(21)4)13-7-11-29(25)24(27(32)35)23-22(37-29)8-6-12-30(5)26(23)34/h6-11,15,17,20,22-25,33H,12-14,16H2,1-5H3/t20-,22+,23-,24+,25?,29+/m1/s1. The minimum absolute atomic E-state index is 0.0563. The van der Waals surface area contributed by atoms with Crippen molar-refractivity contribution in [2.45, 2.75) is 56.2 Å². The summed E-state index contributed by atoms with van der Waals surface area (Å²) in [6.45, 7) is 8.77. The van der Waals surface area contributed by atoms with Crippen LogP contribution in [0.2, 0.25) is 0 Å².